The highest BCUT2D eigenvalue weighted by molar-refractivity contribution is 5.89. The van der Waals surface area contributed by atoms with Gasteiger partial charge >= 0.3 is 12.2 Å². The molecule has 6 heteroatoms. The molecule has 0 heterocycles. The summed E-state index contributed by atoms with van der Waals surface area (Å²) >= 11 is 0. The summed E-state index contributed by atoms with van der Waals surface area (Å²) in [6, 6.07) is 22.2. The molecule has 3 rings (SSSR count). The van der Waals surface area contributed by atoms with Crippen molar-refractivity contribution in [2.45, 2.75) is 12.2 Å². The molecule has 0 spiro atoms. The first-order valence-electron chi connectivity index (χ1n) is 8.28. The molecular weight excluding hydrogens is 353 g/mol. The molecule has 2 N–H and O–H groups in total. The third-order valence-electron chi connectivity index (χ3n) is 3.99. The number of alkyl halides is 3. The average Bonchev–Trinajstić information content (AvgIpc) is 2.67. The molecule has 0 aromatic heterocycles. The fourth-order valence-corrected chi connectivity index (χ4v) is 2.72. The zero-order chi connectivity index (χ0) is 19.3. The molecule has 0 saturated heterocycles. The Balaban J connectivity index is 1.80. The molecule has 0 bridgehead atoms. The molecule has 3 aromatic rings. The fraction of sp³-hybridized carbons (Fsp3) is 0.0952. The SMILES string of the molecule is O=C(Nc1cccc(C(F)(F)F)c1)NC(c1ccccc1)c1ccccc1. The van der Waals surface area contributed by atoms with Crippen LogP contribution in [0.4, 0.5) is 23.7 Å². The number of anilines is 1. The maximum atomic E-state index is 12.8. The van der Waals surface area contributed by atoms with Gasteiger partial charge in [-0.05, 0) is 29.3 Å². The number of benzene rings is 3. The van der Waals surface area contributed by atoms with Crippen LogP contribution in [0.5, 0.6) is 0 Å². The molecule has 2 amide bonds. The first kappa shape index (κ1) is 18.5. The molecule has 0 unspecified atom stereocenters. The Labute approximate surface area is 154 Å². The maximum absolute atomic E-state index is 12.8. The summed E-state index contributed by atoms with van der Waals surface area (Å²) in [5.74, 6) is 0. The maximum Gasteiger partial charge on any atom is 0.416 e. The number of nitrogens with one attached hydrogen (secondary N) is 2. The minimum atomic E-state index is -4.47. The Morgan fingerprint density at radius 2 is 1.33 bits per heavy atom. The van der Waals surface area contributed by atoms with Crippen LogP contribution in [0.15, 0.2) is 84.9 Å². The van der Waals surface area contributed by atoms with E-state index in [1.54, 1.807) is 0 Å². The quantitative estimate of drug-likeness (QED) is 0.615. The number of hydrogen-bond acceptors (Lipinski definition) is 1. The highest BCUT2D eigenvalue weighted by Gasteiger charge is 2.30. The lowest BCUT2D eigenvalue weighted by Crippen LogP contribution is -2.33. The second kappa shape index (κ2) is 7.95. The van der Waals surface area contributed by atoms with Crippen molar-refractivity contribution in [3.05, 3.63) is 102 Å². The standard InChI is InChI=1S/C21H17F3N2O/c22-21(23,24)17-12-7-13-18(14-17)25-20(27)26-19(15-8-3-1-4-9-15)16-10-5-2-6-11-16/h1-14,19H,(H2,25,26,27). The van der Waals surface area contributed by atoms with Crippen LogP contribution in [-0.4, -0.2) is 6.03 Å². The summed E-state index contributed by atoms with van der Waals surface area (Å²) in [4.78, 5) is 12.4. The van der Waals surface area contributed by atoms with E-state index < -0.39 is 23.8 Å². The van der Waals surface area contributed by atoms with Crippen molar-refractivity contribution < 1.29 is 18.0 Å². The summed E-state index contributed by atoms with van der Waals surface area (Å²) in [6.07, 6.45) is -4.47. The van der Waals surface area contributed by atoms with Gasteiger partial charge in [0.05, 0.1) is 11.6 Å². The van der Waals surface area contributed by atoms with Crippen molar-refractivity contribution in [1.82, 2.24) is 5.32 Å². The second-order valence-electron chi connectivity index (χ2n) is 5.93. The van der Waals surface area contributed by atoms with Gasteiger partial charge in [0.2, 0.25) is 0 Å². The number of carbonyl (C=O) groups is 1. The van der Waals surface area contributed by atoms with E-state index in [-0.39, 0.29) is 5.69 Å². The van der Waals surface area contributed by atoms with Gasteiger partial charge < -0.3 is 10.6 Å². The van der Waals surface area contributed by atoms with Crippen LogP contribution in [0.2, 0.25) is 0 Å². The molecule has 27 heavy (non-hydrogen) atoms. The molecule has 0 aliphatic rings. The lowest BCUT2D eigenvalue weighted by molar-refractivity contribution is -0.137. The van der Waals surface area contributed by atoms with Crippen molar-refractivity contribution in [2.24, 2.45) is 0 Å². The molecule has 0 aliphatic carbocycles. The van der Waals surface area contributed by atoms with Crippen LogP contribution in [-0.2, 0) is 6.18 Å². The minimum Gasteiger partial charge on any atom is -0.327 e. The van der Waals surface area contributed by atoms with Gasteiger partial charge in [0.25, 0.3) is 0 Å². The number of rotatable bonds is 4. The third kappa shape index (κ3) is 4.88. The van der Waals surface area contributed by atoms with Crippen LogP contribution in [0.3, 0.4) is 0 Å². The van der Waals surface area contributed by atoms with Gasteiger partial charge in [0.15, 0.2) is 0 Å². The Hall–Kier alpha value is -3.28. The largest absolute Gasteiger partial charge is 0.416 e. The van der Waals surface area contributed by atoms with Crippen LogP contribution in [0.25, 0.3) is 0 Å². The van der Waals surface area contributed by atoms with Crippen LogP contribution in [0.1, 0.15) is 22.7 Å². The zero-order valence-electron chi connectivity index (χ0n) is 14.2. The number of amides is 2. The van der Waals surface area contributed by atoms with Gasteiger partial charge in [-0.15, -0.1) is 0 Å². The van der Waals surface area contributed by atoms with Gasteiger partial charge in [-0.2, -0.15) is 13.2 Å². The summed E-state index contributed by atoms with van der Waals surface area (Å²) in [7, 11) is 0. The van der Waals surface area contributed by atoms with Crippen LogP contribution < -0.4 is 10.6 Å². The second-order valence-corrected chi connectivity index (χ2v) is 5.93. The number of carbonyl (C=O) groups excluding carboxylic acids is 1. The first-order chi connectivity index (χ1) is 12.9. The predicted octanol–water partition coefficient (Wildman–Crippen LogP) is 5.62. The van der Waals surface area contributed by atoms with Crippen molar-refractivity contribution in [2.75, 3.05) is 5.32 Å². The Kier molecular flexibility index (Phi) is 5.45. The third-order valence-corrected chi connectivity index (χ3v) is 3.99. The van der Waals surface area contributed by atoms with E-state index in [9.17, 15) is 18.0 Å². The average molecular weight is 370 g/mol. The molecule has 138 valence electrons. The predicted molar refractivity (Wildman–Crippen MR) is 98.3 cm³/mol. The lowest BCUT2D eigenvalue weighted by atomic mass is 9.99. The normalized spacial score (nSPS) is 11.3. The molecule has 0 fully saturated rings. The van der Waals surface area contributed by atoms with Gasteiger partial charge in [0, 0.05) is 5.69 Å². The van der Waals surface area contributed by atoms with Crippen molar-refractivity contribution in [3.63, 3.8) is 0 Å². The van der Waals surface area contributed by atoms with Gasteiger partial charge in [-0.1, -0.05) is 66.7 Å². The minimum absolute atomic E-state index is 0.0715. The Bertz CT molecular complexity index is 857. The Morgan fingerprint density at radius 1 is 0.778 bits per heavy atom. The van der Waals surface area contributed by atoms with Crippen LogP contribution in [0, 0.1) is 0 Å². The Morgan fingerprint density at radius 3 is 1.85 bits per heavy atom. The highest BCUT2D eigenvalue weighted by Crippen LogP contribution is 2.30. The fourth-order valence-electron chi connectivity index (χ4n) is 2.72. The van der Waals surface area contributed by atoms with Crippen LogP contribution >= 0.6 is 0 Å². The van der Waals surface area contributed by atoms with E-state index in [2.05, 4.69) is 10.6 Å². The summed E-state index contributed by atoms with van der Waals surface area (Å²) in [5.41, 5.74) is 0.982. The summed E-state index contributed by atoms with van der Waals surface area (Å²) in [5, 5.41) is 5.30. The molecular formula is C21H17F3N2O. The smallest absolute Gasteiger partial charge is 0.327 e. The van der Waals surface area contributed by atoms with E-state index in [0.717, 1.165) is 23.3 Å². The number of urea groups is 1. The van der Waals surface area contributed by atoms with Crippen molar-refractivity contribution >= 4 is 11.7 Å². The zero-order valence-corrected chi connectivity index (χ0v) is 14.2. The molecule has 3 nitrogen and oxygen atoms in total. The molecule has 0 atom stereocenters. The van der Waals surface area contributed by atoms with Crippen molar-refractivity contribution in [3.8, 4) is 0 Å². The first-order valence-corrected chi connectivity index (χ1v) is 8.28. The van der Waals surface area contributed by atoms with Crippen molar-refractivity contribution in [1.29, 1.82) is 0 Å². The summed E-state index contributed by atoms with van der Waals surface area (Å²) in [6.45, 7) is 0. The molecule has 0 saturated carbocycles. The van der Waals surface area contributed by atoms with Gasteiger partial charge in [-0.25, -0.2) is 4.79 Å². The van der Waals surface area contributed by atoms with Gasteiger partial charge in [-0.3, -0.25) is 0 Å². The highest BCUT2D eigenvalue weighted by atomic mass is 19.4. The summed E-state index contributed by atoms with van der Waals surface area (Å²) < 4.78 is 38.5. The van der Waals surface area contributed by atoms with E-state index in [0.29, 0.717) is 0 Å². The van der Waals surface area contributed by atoms with Gasteiger partial charge in [0.1, 0.15) is 0 Å². The van der Waals surface area contributed by atoms with E-state index in [4.69, 9.17) is 0 Å². The van der Waals surface area contributed by atoms with E-state index >= 15 is 0 Å². The molecule has 3 aromatic carbocycles. The lowest BCUT2D eigenvalue weighted by Gasteiger charge is -2.20. The topological polar surface area (TPSA) is 41.1 Å². The number of hydrogen-bond donors (Lipinski definition) is 2. The monoisotopic (exact) mass is 370 g/mol. The number of halogens is 3. The van der Waals surface area contributed by atoms with E-state index in [1.165, 1.54) is 12.1 Å². The van der Waals surface area contributed by atoms with E-state index in [1.807, 2.05) is 60.7 Å². The molecule has 0 radical (unpaired) electrons. The molecule has 0 aliphatic heterocycles.